The van der Waals surface area contributed by atoms with Gasteiger partial charge in [0.2, 0.25) is 11.8 Å². The number of fused-ring (bicyclic) bond motifs is 1. The van der Waals surface area contributed by atoms with Crippen LogP contribution in [0.3, 0.4) is 0 Å². The number of esters is 1. The standard InChI is InChI=1S/C42H45Cl2N7O7/c1-42(2,3)58-41(55)50(22-27-14-16-35(52)45-27)20-24-13-15-32(46-38(24)56-5)31-12-8-11-30(37(31)44)29-10-7-9-28(36(29)43)25-17-33-39(53)48(4)34(47-51(33)21-25)23-49-18-26(19-49)40(54)57-6/h7-13,15,17,21,26-27H,14,16,18-20,22-23H2,1-6H3,(H,45,52)/t27-/m0/s1. The normalized spacial score (nSPS) is 15.9. The van der Waals surface area contributed by atoms with Crippen molar-refractivity contribution in [2.24, 2.45) is 13.0 Å². The van der Waals surface area contributed by atoms with Crippen molar-refractivity contribution in [3.05, 3.63) is 92.6 Å². The summed E-state index contributed by atoms with van der Waals surface area (Å²) in [4.78, 5) is 59.0. The smallest absolute Gasteiger partial charge is 0.410 e. The van der Waals surface area contributed by atoms with E-state index in [2.05, 4.69) is 5.32 Å². The van der Waals surface area contributed by atoms with E-state index in [1.807, 2.05) is 53.4 Å². The number of ether oxygens (including phenoxy) is 3. The van der Waals surface area contributed by atoms with Gasteiger partial charge >= 0.3 is 12.1 Å². The molecule has 2 saturated heterocycles. The van der Waals surface area contributed by atoms with Gasteiger partial charge in [-0.15, -0.1) is 0 Å². The molecule has 0 spiro atoms. The maximum absolute atomic E-state index is 13.5. The van der Waals surface area contributed by atoms with E-state index in [1.165, 1.54) is 18.8 Å². The summed E-state index contributed by atoms with van der Waals surface area (Å²) in [5.74, 6) is 0.404. The Morgan fingerprint density at radius 2 is 1.64 bits per heavy atom. The Balaban J connectivity index is 1.15. The first-order valence-corrected chi connectivity index (χ1v) is 19.7. The zero-order valence-electron chi connectivity index (χ0n) is 33.2. The molecule has 3 aromatic heterocycles. The lowest BCUT2D eigenvalue weighted by molar-refractivity contribution is -0.151. The summed E-state index contributed by atoms with van der Waals surface area (Å²) in [5.41, 5.74) is 4.03. The second-order valence-corrected chi connectivity index (χ2v) is 16.4. The van der Waals surface area contributed by atoms with Gasteiger partial charge in [0.1, 0.15) is 16.9 Å². The van der Waals surface area contributed by atoms with Crippen molar-refractivity contribution < 1.29 is 28.6 Å². The first-order valence-electron chi connectivity index (χ1n) is 18.9. The fraction of sp³-hybridized carbons (Fsp3) is 0.381. The Morgan fingerprint density at radius 3 is 2.28 bits per heavy atom. The molecule has 14 nitrogen and oxygen atoms in total. The number of halogens is 2. The monoisotopic (exact) mass is 829 g/mol. The SMILES string of the molecule is COC(=O)C1CN(Cc2nn3cc(-c4cccc(-c5cccc(-c6ccc(CN(C[C@@H]7CCC(=O)N7)C(=O)OC(C)(C)C)c(OC)n6)c5Cl)c4Cl)cc3c(=O)n2C)C1. The van der Waals surface area contributed by atoms with E-state index in [4.69, 9.17) is 47.5 Å². The lowest BCUT2D eigenvalue weighted by Crippen LogP contribution is -2.50. The summed E-state index contributed by atoms with van der Waals surface area (Å²) >= 11 is 14.3. The van der Waals surface area contributed by atoms with Crippen LogP contribution < -0.4 is 15.6 Å². The fourth-order valence-corrected chi connectivity index (χ4v) is 7.97. The summed E-state index contributed by atoms with van der Waals surface area (Å²) in [7, 11) is 4.58. The molecule has 5 aromatic rings. The topological polar surface area (TPSA) is 150 Å². The van der Waals surface area contributed by atoms with Crippen LogP contribution in [0.1, 0.15) is 45.0 Å². The van der Waals surface area contributed by atoms with Crippen molar-refractivity contribution in [1.29, 1.82) is 0 Å². The first kappa shape index (κ1) is 40.7. The predicted molar refractivity (Wildman–Crippen MR) is 220 cm³/mol. The van der Waals surface area contributed by atoms with Gasteiger partial charge in [-0.05, 0) is 45.4 Å². The molecule has 2 aliphatic rings. The molecule has 5 heterocycles. The molecule has 2 fully saturated rings. The second-order valence-electron chi connectivity index (χ2n) is 15.6. The highest BCUT2D eigenvalue weighted by Crippen LogP contribution is 2.42. The van der Waals surface area contributed by atoms with E-state index >= 15 is 0 Å². The van der Waals surface area contributed by atoms with Crippen LogP contribution in [0.2, 0.25) is 10.0 Å². The van der Waals surface area contributed by atoms with Gasteiger partial charge < -0.3 is 24.4 Å². The van der Waals surface area contributed by atoms with Crippen LogP contribution >= 0.6 is 23.2 Å². The Bertz CT molecular complexity index is 2470. The molecule has 304 valence electrons. The number of carbonyl (C=O) groups is 3. The summed E-state index contributed by atoms with van der Waals surface area (Å²) in [6.07, 6.45) is 2.30. The van der Waals surface area contributed by atoms with Crippen LogP contribution in [0.25, 0.3) is 39.0 Å². The number of amides is 2. The van der Waals surface area contributed by atoms with Crippen molar-refractivity contribution >= 4 is 46.7 Å². The lowest BCUT2D eigenvalue weighted by Gasteiger charge is -2.37. The van der Waals surface area contributed by atoms with Gasteiger partial charge in [-0.25, -0.2) is 14.3 Å². The van der Waals surface area contributed by atoms with Crippen LogP contribution in [0.5, 0.6) is 5.88 Å². The molecule has 58 heavy (non-hydrogen) atoms. The molecule has 16 heteroatoms. The number of pyridine rings is 1. The van der Waals surface area contributed by atoms with Gasteiger partial charge in [0, 0.05) is 78.7 Å². The number of methoxy groups -OCH3 is 2. The summed E-state index contributed by atoms with van der Waals surface area (Å²) in [6, 6.07) is 16.5. The minimum absolute atomic E-state index is 0.0431. The number of hydrogen-bond acceptors (Lipinski definition) is 10. The minimum atomic E-state index is -0.713. The number of nitrogens with one attached hydrogen (secondary N) is 1. The zero-order chi connectivity index (χ0) is 41.5. The van der Waals surface area contributed by atoms with Crippen LogP contribution in [0.15, 0.2) is 65.6 Å². The van der Waals surface area contributed by atoms with Gasteiger partial charge in [-0.3, -0.25) is 23.9 Å². The number of aromatic nitrogens is 4. The van der Waals surface area contributed by atoms with Crippen molar-refractivity contribution in [2.45, 2.75) is 58.3 Å². The van der Waals surface area contributed by atoms with E-state index in [-0.39, 0.29) is 42.5 Å². The van der Waals surface area contributed by atoms with E-state index in [1.54, 1.807) is 49.5 Å². The molecular formula is C42H45Cl2N7O7. The van der Waals surface area contributed by atoms with E-state index in [9.17, 15) is 19.2 Å². The third kappa shape index (κ3) is 8.40. The molecule has 2 aromatic carbocycles. The molecule has 0 saturated carbocycles. The number of nitrogens with zero attached hydrogens (tertiary/aromatic N) is 6. The maximum atomic E-state index is 13.5. The van der Waals surface area contributed by atoms with Crippen LogP contribution in [0, 0.1) is 5.92 Å². The maximum Gasteiger partial charge on any atom is 0.410 e. The van der Waals surface area contributed by atoms with Crippen molar-refractivity contribution in [1.82, 2.24) is 34.3 Å². The highest BCUT2D eigenvalue weighted by molar-refractivity contribution is 6.39. The number of benzene rings is 2. The van der Waals surface area contributed by atoms with Gasteiger partial charge in [0.15, 0.2) is 0 Å². The molecule has 0 radical (unpaired) electrons. The number of likely N-dealkylation sites (tertiary alicyclic amines) is 1. The predicted octanol–water partition coefficient (Wildman–Crippen LogP) is 6.36. The third-order valence-electron chi connectivity index (χ3n) is 10.3. The van der Waals surface area contributed by atoms with Gasteiger partial charge in [-0.1, -0.05) is 59.6 Å². The Labute approximate surface area is 345 Å². The molecule has 2 aliphatic heterocycles. The van der Waals surface area contributed by atoms with Gasteiger partial charge in [0.25, 0.3) is 5.56 Å². The number of carbonyl (C=O) groups excluding carboxylic acids is 3. The first-order chi connectivity index (χ1) is 27.6. The lowest BCUT2D eigenvalue weighted by atomic mass is 9.97. The van der Waals surface area contributed by atoms with E-state index in [0.717, 1.165) is 0 Å². The highest BCUT2D eigenvalue weighted by atomic mass is 35.5. The molecule has 2 amide bonds. The fourth-order valence-electron chi connectivity index (χ4n) is 7.31. The average molecular weight is 831 g/mol. The minimum Gasteiger partial charge on any atom is -0.481 e. The number of hydrogen-bond donors (Lipinski definition) is 1. The summed E-state index contributed by atoms with van der Waals surface area (Å²) in [5, 5.41) is 8.52. The highest BCUT2D eigenvalue weighted by Gasteiger charge is 2.34. The van der Waals surface area contributed by atoms with Gasteiger partial charge in [-0.2, -0.15) is 5.10 Å². The van der Waals surface area contributed by atoms with Crippen molar-refractivity contribution in [3.63, 3.8) is 0 Å². The Morgan fingerprint density at radius 1 is 0.966 bits per heavy atom. The van der Waals surface area contributed by atoms with Gasteiger partial charge in [0.05, 0.1) is 49.0 Å². The van der Waals surface area contributed by atoms with Crippen LogP contribution in [-0.4, -0.2) is 92.4 Å². The van der Waals surface area contributed by atoms with Crippen molar-refractivity contribution in [2.75, 3.05) is 33.9 Å². The Hall–Kier alpha value is -5.44. The molecule has 1 N–H and O–H groups in total. The molecule has 0 bridgehead atoms. The molecular weight excluding hydrogens is 785 g/mol. The van der Waals surface area contributed by atoms with Crippen LogP contribution in [-0.2, 0) is 39.2 Å². The van der Waals surface area contributed by atoms with Crippen LogP contribution in [0.4, 0.5) is 4.79 Å². The largest absolute Gasteiger partial charge is 0.481 e. The second kappa shape index (κ2) is 16.4. The van der Waals surface area contributed by atoms with Crippen molar-refractivity contribution in [3.8, 4) is 39.4 Å². The third-order valence-corrected chi connectivity index (χ3v) is 11.2. The average Bonchev–Trinajstić information content (AvgIpc) is 3.79. The molecule has 0 unspecified atom stereocenters. The quantitative estimate of drug-likeness (QED) is 0.149. The zero-order valence-corrected chi connectivity index (χ0v) is 34.7. The number of rotatable bonds is 11. The molecule has 1 atom stereocenters. The molecule has 7 rings (SSSR count). The van der Waals surface area contributed by atoms with E-state index < -0.39 is 11.7 Å². The Kier molecular flexibility index (Phi) is 11.5. The summed E-state index contributed by atoms with van der Waals surface area (Å²) < 4.78 is 19.4. The molecule has 0 aliphatic carbocycles. The summed E-state index contributed by atoms with van der Waals surface area (Å²) in [6.45, 7) is 7.30. The van der Waals surface area contributed by atoms with E-state index in [0.29, 0.717) is 98.8 Å².